The first-order valence-corrected chi connectivity index (χ1v) is 7.26. The lowest BCUT2D eigenvalue weighted by Gasteiger charge is -2.13. The molecule has 1 aromatic heterocycles. The second kappa shape index (κ2) is 6.12. The summed E-state index contributed by atoms with van der Waals surface area (Å²) < 4.78 is 4.34. The predicted octanol–water partition coefficient (Wildman–Crippen LogP) is 3.29. The second-order valence-corrected chi connectivity index (χ2v) is 5.68. The molecule has 2 aromatic rings. The van der Waals surface area contributed by atoms with Crippen molar-refractivity contribution in [3.05, 3.63) is 41.2 Å². The van der Waals surface area contributed by atoms with Crippen LogP contribution in [0.25, 0.3) is 0 Å². The van der Waals surface area contributed by atoms with Crippen LogP contribution in [-0.2, 0) is 6.54 Å². The van der Waals surface area contributed by atoms with E-state index in [1.54, 1.807) is 0 Å². The number of rotatable bonds is 5. The molecule has 1 heterocycles. The molecule has 102 valence electrons. The van der Waals surface area contributed by atoms with Gasteiger partial charge in [0.15, 0.2) is 0 Å². The van der Waals surface area contributed by atoms with Crippen molar-refractivity contribution in [2.75, 3.05) is 5.32 Å². The van der Waals surface area contributed by atoms with Crippen LogP contribution in [0.15, 0.2) is 24.3 Å². The first kappa shape index (κ1) is 14.0. The summed E-state index contributed by atoms with van der Waals surface area (Å²) in [5.74, 6) is 1.27. The monoisotopic (exact) mass is 276 g/mol. The van der Waals surface area contributed by atoms with E-state index in [0.717, 1.165) is 16.5 Å². The van der Waals surface area contributed by atoms with Crippen LogP contribution >= 0.6 is 11.5 Å². The molecule has 0 aliphatic rings. The molecule has 0 saturated heterocycles. The number of nitrogens with one attached hydrogen (secondary N) is 1. The molecule has 0 fully saturated rings. The zero-order chi connectivity index (χ0) is 13.8. The summed E-state index contributed by atoms with van der Waals surface area (Å²) in [6.45, 7) is 6.89. The van der Waals surface area contributed by atoms with Gasteiger partial charge >= 0.3 is 0 Å². The largest absolute Gasteiger partial charge is 0.354 e. The van der Waals surface area contributed by atoms with Crippen LogP contribution < -0.4 is 11.1 Å². The summed E-state index contributed by atoms with van der Waals surface area (Å²) in [4.78, 5) is 4.49. The maximum atomic E-state index is 5.60. The van der Waals surface area contributed by atoms with Crippen molar-refractivity contribution >= 4 is 16.7 Å². The molecule has 2 rings (SSSR count). The highest BCUT2D eigenvalue weighted by molar-refractivity contribution is 7.09. The van der Waals surface area contributed by atoms with Crippen LogP contribution in [0.3, 0.4) is 0 Å². The minimum Gasteiger partial charge on any atom is -0.354 e. The maximum absolute atomic E-state index is 5.60. The number of anilines is 1. The molecule has 19 heavy (non-hydrogen) atoms. The van der Waals surface area contributed by atoms with Crippen molar-refractivity contribution in [3.63, 3.8) is 0 Å². The third-order valence-corrected chi connectivity index (χ3v) is 3.67. The van der Waals surface area contributed by atoms with Crippen LogP contribution in [0.1, 0.15) is 49.7 Å². The van der Waals surface area contributed by atoms with Crippen LogP contribution in [0.2, 0.25) is 0 Å². The van der Waals surface area contributed by atoms with Gasteiger partial charge in [-0.3, -0.25) is 0 Å². The second-order valence-electron chi connectivity index (χ2n) is 4.92. The zero-order valence-corrected chi connectivity index (χ0v) is 12.4. The molecule has 3 N–H and O–H groups in total. The zero-order valence-electron chi connectivity index (χ0n) is 11.6. The lowest BCUT2D eigenvalue weighted by molar-refractivity contribution is 0.795. The van der Waals surface area contributed by atoms with Crippen molar-refractivity contribution in [2.24, 2.45) is 5.73 Å². The van der Waals surface area contributed by atoms with E-state index < -0.39 is 0 Å². The molecular formula is C14H20N4S. The van der Waals surface area contributed by atoms with E-state index in [0.29, 0.717) is 12.5 Å². The van der Waals surface area contributed by atoms with Crippen molar-refractivity contribution < 1.29 is 0 Å². The number of hydrogen-bond donors (Lipinski definition) is 2. The number of hydrogen-bond acceptors (Lipinski definition) is 5. The van der Waals surface area contributed by atoms with E-state index in [-0.39, 0.29) is 6.04 Å². The number of benzene rings is 1. The average molecular weight is 276 g/mol. The molecule has 1 unspecified atom stereocenters. The minimum atomic E-state index is 0.208. The highest BCUT2D eigenvalue weighted by atomic mass is 32.1. The van der Waals surface area contributed by atoms with Crippen molar-refractivity contribution in [1.82, 2.24) is 9.36 Å². The van der Waals surface area contributed by atoms with Gasteiger partial charge in [-0.15, -0.1) is 0 Å². The highest BCUT2D eigenvalue weighted by Gasteiger charge is 2.11. The van der Waals surface area contributed by atoms with E-state index >= 15 is 0 Å². The van der Waals surface area contributed by atoms with Gasteiger partial charge in [0.2, 0.25) is 5.13 Å². The molecule has 0 bridgehead atoms. The Morgan fingerprint density at radius 1 is 1.21 bits per heavy atom. The molecule has 4 nitrogen and oxygen atoms in total. The van der Waals surface area contributed by atoms with Gasteiger partial charge in [-0.2, -0.15) is 4.37 Å². The molecule has 0 saturated carbocycles. The lowest BCUT2D eigenvalue weighted by Crippen LogP contribution is -2.07. The third-order valence-electron chi connectivity index (χ3n) is 3.01. The Labute approximate surface area is 118 Å². The highest BCUT2D eigenvalue weighted by Crippen LogP contribution is 2.23. The summed E-state index contributed by atoms with van der Waals surface area (Å²) in [6.07, 6.45) is 0. The Bertz CT molecular complexity index is 518. The first-order chi connectivity index (χ1) is 9.10. The molecule has 0 radical (unpaired) electrons. The van der Waals surface area contributed by atoms with Gasteiger partial charge < -0.3 is 11.1 Å². The summed E-state index contributed by atoms with van der Waals surface area (Å²) in [7, 11) is 0. The van der Waals surface area contributed by atoms with Gasteiger partial charge in [-0.25, -0.2) is 4.98 Å². The van der Waals surface area contributed by atoms with Crippen LogP contribution in [0, 0.1) is 0 Å². The predicted molar refractivity (Wildman–Crippen MR) is 80.4 cm³/mol. The van der Waals surface area contributed by atoms with Gasteiger partial charge in [0, 0.05) is 24.0 Å². The molecular weight excluding hydrogens is 256 g/mol. The quantitative estimate of drug-likeness (QED) is 0.879. The van der Waals surface area contributed by atoms with Gasteiger partial charge in [-0.1, -0.05) is 38.1 Å². The van der Waals surface area contributed by atoms with Gasteiger partial charge in [0.05, 0.1) is 6.04 Å². The Morgan fingerprint density at radius 2 is 1.89 bits per heavy atom. The maximum Gasteiger partial charge on any atom is 0.203 e. The van der Waals surface area contributed by atoms with E-state index in [9.17, 15) is 0 Å². The number of aromatic nitrogens is 2. The van der Waals surface area contributed by atoms with Gasteiger partial charge in [-0.05, 0) is 18.1 Å². The summed E-state index contributed by atoms with van der Waals surface area (Å²) in [6, 6.07) is 8.54. The topological polar surface area (TPSA) is 63.8 Å². The fraction of sp³-hybridized carbons (Fsp3) is 0.429. The molecule has 0 amide bonds. The van der Waals surface area contributed by atoms with E-state index in [2.05, 4.69) is 59.7 Å². The Kier molecular flexibility index (Phi) is 4.50. The smallest absolute Gasteiger partial charge is 0.203 e. The molecule has 0 spiro atoms. The number of nitrogens with two attached hydrogens (primary N) is 1. The van der Waals surface area contributed by atoms with E-state index in [4.69, 9.17) is 5.73 Å². The Hall–Kier alpha value is -1.46. The molecule has 1 aromatic carbocycles. The SMILES string of the molecule is CC(C)c1nsc(NC(C)c2ccc(CN)cc2)n1. The molecule has 5 heteroatoms. The summed E-state index contributed by atoms with van der Waals surface area (Å²) >= 11 is 1.42. The van der Waals surface area contributed by atoms with Crippen molar-refractivity contribution in [1.29, 1.82) is 0 Å². The minimum absolute atomic E-state index is 0.208. The fourth-order valence-corrected chi connectivity index (χ4v) is 2.53. The average Bonchev–Trinajstić information content (AvgIpc) is 2.87. The standard InChI is InChI=1S/C14H20N4S/c1-9(2)13-17-14(19-18-13)16-10(3)12-6-4-11(8-15)5-7-12/h4-7,9-10H,8,15H2,1-3H3,(H,16,17,18). The summed E-state index contributed by atoms with van der Waals surface area (Å²) in [5, 5.41) is 4.26. The van der Waals surface area contributed by atoms with Crippen LogP contribution in [0.5, 0.6) is 0 Å². The summed E-state index contributed by atoms with van der Waals surface area (Å²) in [5.41, 5.74) is 7.97. The van der Waals surface area contributed by atoms with E-state index in [1.807, 2.05) is 0 Å². The van der Waals surface area contributed by atoms with E-state index in [1.165, 1.54) is 17.1 Å². The third kappa shape index (κ3) is 3.52. The molecule has 0 aliphatic heterocycles. The molecule has 1 atom stereocenters. The fourth-order valence-electron chi connectivity index (χ4n) is 1.74. The first-order valence-electron chi connectivity index (χ1n) is 6.49. The van der Waals surface area contributed by atoms with Crippen molar-refractivity contribution in [2.45, 2.75) is 39.3 Å². The molecule has 0 aliphatic carbocycles. The van der Waals surface area contributed by atoms with Crippen LogP contribution in [0.4, 0.5) is 5.13 Å². The Balaban J connectivity index is 2.04. The van der Waals surface area contributed by atoms with Gasteiger partial charge in [0.1, 0.15) is 5.82 Å². The normalized spacial score (nSPS) is 12.7. The van der Waals surface area contributed by atoms with Crippen LogP contribution in [-0.4, -0.2) is 9.36 Å². The number of nitrogens with zero attached hydrogens (tertiary/aromatic N) is 2. The Morgan fingerprint density at radius 3 is 2.42 bits per heavy atom. The van der Waals surface area contributed by atoms with Gasteiger partial charge in [0.25, 0.3) is 0 Å². The van der Waals surface area contributed by atoms with Crippen molar-refractivity contribution in [3.8, 4) is 0 Å². The lowest BCUT2D eigenvalue weighted by atomic mass is 10.1.